The summed E-state index contributed by atoms with van der Waals surface area (Å²) in [7, 11) is 1.54. The van der Waals surface area contributed by atoms with Crippen molar-refractivity contribution in [2.45, 2.75) is 39.2 Å². The van der Waals surface area contributed by atoms with Crippen LogP contribution in [0.4, 0.5) is 0 Å². The number of carbonyl (C=O) groups is 2. The Labute approximate surface area is 180 Å². The summed E-state index contributed by atoms with van der Waals surface area (Å²) >= 11 is 0. The maximum absolute atomic E-state index is 12.9. The molecule has 162 valence electrons. The summed E-state index contributed by atoms with van der Waals surface area (Å²) in [4.78, 5) is 41.7. The summed E-state index contributed by atoms with van der Waals surface area (Å²) in [6, 6.07) is 14.1. The van der Waals surface area contributed by atoms with Crippen LogP contribution in [0.1, 0.15) is 42.2 Å². The molecule has 31 heavy (non-hydrogen) atoms. The van der Waals surface area contributed by atoms with Crippen LogP contribution in [-0.2, 0) is 22.5 Å². The van der Waals surface area contributed by atoms with Gasteiger partial charge in [-0.15, -0.1) is 0 Å². The number of para-hydroxylation sites is 2. The van der Waals surface area contributed by atoms with Gasteiger partial charge in [-0.3, -0.25) is 14.4 Å². The van der Waals surface area contributed by atoms with E-state index in [4.69, 9.17) is 9.47 Å². The standard InChI is InChI=1S/C24H26N2O5/c1-3-4-15-26-21-8-6-5-7-19(21)25-20(24(26)29)13-14-23(28)31-16-22(27)17-9-11-18(30-2)12-10-17/h5-12H,3-4,13-16H2,1-2H3. The topological polar surface area (TPSA) is 87.5 Å². The summed E-state index contributed by atoms with van der Waals surface area (Å²) in [5.41, 5.74) is 2.08. The third kappa shape index (κ3) is 5.57. The molecule has 3 rings (SSSR count). The molecule has 0 unspecified atom stereocenters. The van der Waals surface area contributed by atoms with Crippen LogP contribution in [-0.4, -0.2) is 35.0 Å². The first-order chi connectivity index (χ1) is 15.0. The van der Waals surface area contributed by atoms with E-state index in [1.165, 1.54) is 0 Å². The molecule has 0 saturated carbocycles. The lowest BCUT2D eigenvalue weighted by Gasteiger charge is -2.12. The highest BCUT2D eigenvalue weighted by Crippen LogP contribution is 2.13. The maximum atomic E-state index is 12.9. The van der Waals surface area contributed by atoms with Gasteiger partial charge < -0.3 is 14.0 Å². The lowest BCUT2D eigenvalue weighted by atomic mass is 10.1. The number of fused-ring (bicyclic) bond motifs is 1. The normalized spacial score (nSPS) is 10.8. The summed E-state index contributed by atoms with van der Waals surface area (Å²) in [5, 5.41) is 0. The molecule has 1 aromatic heterocycles. The zero-order valence-corrected chi connectivity index (χ0v) is 17.8. The number of unbranched alkanes of at least 4 members (excludes halogenated alkanes) is 1. The third-order valence-corrected chi connectivity index (χ3v) is 5.00. The molecule has 0 aliphatic carbocycles. The van der Waals surface area contributed by atoms with Gasteiger partial charge in [-0.2, -0.15) is 0 Å². The van der Waals surface area contributed by atoms with Crippen molar-refractivity contribution in [1.82, 2.24) is 9.55 Å². The van der Waals surface area contributed by atoms with Gasteiger partial charge in [0.05, 0.1) is 24.6 Å². The van der Waals surface area contributed by atoms with Crippen molar-refractivity contribution in [2.75, 3.05) is 13.7 Å². The number of hydrogen-bond acceptors (Lipinski definition) is 6. The number of hydrogen-bond donors (Lipinski definition) is 0. The fourth-order valence-electron chi connectivity index (χ4n) is 3.25. The van der Waals surface area contributed by atoms with E-state index in [1.807, 2.05) is 24.3 Å². The van der Waals surface area contributed by atoms with Crippen LogP contribution in [0, 0.1) is 0 Å². The Morgan fingerprint density at radius 3 is 2.52 bits per heavy atom. The highest BCUT2D eigenvalue weighted by molar-refractivity contribution is 5.98. The first kappa shape index (κ1) is 22.2. The SMILES string of the molecule is CCCCn1c(=O)c(CCC(=O)OCC(=O)c2ccc(OC)cc2)nc2ccccc21. The molecule has 0 aliphatic rings. The molecule has 0 radical (unpaired) electrons. The molecule has 0 bridgehead atoms. The molecule has 7 nitrogen and oxygen atoms in total. The first-order valence-electron chi connectivity index (χ1n) is 10.3. The van der Waals surface area contributed by atoms with Gasteiger partial charge in [-0.05, 0) is 42.8 Å². The van der Waals surface area contributed by atoms with Crippen molar-refractivity contribution >= 4 is 22.8 Å². The molecule has 0 N–H and O–H groups in total. The van der Waals surface area contributed by atoms with Crippen LogP contribution < -0.4 is 10.3 Å². The fraction of sp³-hybridized carbons (Fsp3) is 0.333. The van der Waals surface area contributed by atoms with Crippen molar-refractivity contribution in [3.63, 3.8) is 0 Å². The molecule has 0 fully saturated rings. The smallest absolute Gasteiger partial charge is 0.306 e. The van der Waals surface area contributed by atoms with E-state index in [2.05, 4.69) is 11.9 Å². The Morgan fingerprint density at radius 1 is 1.06 bits per heavy atom. The van der Waals surface area contributed by atoms with Gasteiger partial charge in [0.25, 0.3) is 5.56 Å². The van der Waals surface area contributed by atoms with Crippen LogP contribution in [0.15, 0.2) is 53.3 Å². The number of rotatable bonds is 10. The summed E-state index contributed by atoms with van der Waals surface area (Å²) in [6.07, 6.45) is 1.98. The summed E-state index contributed by atoms with van der Waals surface area (Å²) < 4.78 is 11.9. The second kappa shape index (κ2) is 10.5. The lowest BCUT2D eigenvalue weighted by Crippen LogP contribution is -2.26. The summed E-state index contributed by atoms with van der Waals surface area (Å²) in [6.45, 7) is 2.32. The third-order valence-electron chi connectivity index (χ3n) is 5.00. The number of ketones is 1. The van der Waals surface area contributed by atoms with Gasteiger partial charge in [0.2, 0.25) is 0 Å². The van der Waals surface area contributed by atoms with Gasteiger partial charge in [-0.25, -0.2) is 4.98 Å². The van der Waals surface area contributed by atoms with Crippen LogP contribution in [0.2, 0.25) is 0 Å². The van der Waals surface area contributed by atoms with Crippen LogP contribution in [0.5, 0.6) is 5.75 Å². The number of Topliss-reactive ketones (excluding diaryl/α,β-unsaturated/α-hetero) is 1. The average Bonchev–Trinajstić information content (AvgIpc) is 2.80. The number of nitrogens with zero attached hydrogens (tertiary/aromatic N) is 2. The number of benzene rings is 2. The van der Waals surface area contributed by atoms with E-state index < -0.39 is 5.97 Å². The molecule has 0 atom stereocenters. The van der Waals surface area contributed by atoms with Crippen molar-refractivity contribution < 1.29 is 19.1 Å². The number of ether oxygens (including phenoxy) is 2. The maximum Gasteiger partial charge on any atom is 0.306 e. The predicted molar refractivity (Wildman–Crippen MR) is 118 cm³/mol. The number of esters is 1. The van der Waals surface area contributed by atoms with Gasteiger partial charge in [0.15, 0.2) is 12.4 Å². The molecule has 3 aromatic rings. The van der Waals surface area contributed by atoms with E-state index in [1.54, 1.807) is 35.9 Å². The minimum absolute atomic E-state index is 0.0236. The molecule has 2 aromatic carbocycles. The Hall–Kier alpha value is -3.48. The zero-order valence-electron chi connectivity index (χ0n) is 17.8. The van der Waals surface area contributed by atoms with Crippen molar-refractivity contribution in [2.24, 2.45) is 0 Å². The van der Waals surface area contributed by atoms with E-state index in [0.717, 1.165) is 23.9 Å². The number of carbonyl (C=O) groups excluding carboxylic acids is 2. The first-order valence-corrected chi connectivity index (χ1v) is 10.3. The molecule has 7 heteroatoms. The monoisotopic (exact) mass is 422 g/mol. The summed E-state index contributed by atoms with van der Waals surface area (Å²) in [5.74, 6) is -0.209. The molecule has 0 amide bonds. The van der Waals surface area contributed by atoms with Crippen molar-refractivity contribution in [1.29, 1.82) is 0 Å². The second-order valence-electron chi connectivity index (χ2n) is 7.17. The Morgan fingerprint density at radius 2 is 1.81 bits per heavy atom. The molecular weight excluding hydrogens is 396 g/mol. The number of aromatic nitrogens is 2. The highest BCUT2D eigenvalue weighted by atomic mass is 16.5. The van der Waals surface area contributed by atoms with E-state index in [9.17, 15) is 14.4 Å². The van der Waals surface area contributed by atoms with Crippen LogP contribution in [0.3, 0.4) is 0 Å². The lowest BCUT2D eigenvalue weighted by molar-refractivity contribution is -0.142. The molecular formula is C24H26N2O5. The largest absolute Gasteiger partial charge is 0.497 e. The average molecular weight is 422 g/mol. The Balaban J connectivity index is 1.63. The van der Waals surface area contributed by atoms with Crippen LogP contribution >= 0.6 is 0 Å². The van der Waals surface area contributed by atoms with Crippen LogP contribution in [0.25, 0.3) is 11.0 Å². The molecule has 1 heterocycles. The number of aryl methyl sites for hydroxylation is 2. The predicted octanol–water partition coefficient (Wildman–Crippen LogP) is 3.56. The van der Waals surface area contributed by atoms with Crippen molar-refractivity contribution in [3.05, 3.63) is 70.1 Å². The quantitative estimate of drug-likeness (QED) is 0.367. The van der Waals surface area contributed by atoms with Gasteiger partial charge >= 0.3 is 5.97 Å². The fourth-order valence-corrected chi connectivity index (χ4v) is 3.25. The van der Waals surface area contributed by atoms with E-state index in [0.29, 0.717) is 23.6 Å². The minimum Gasteiger partial charge on any atom is -0.497 e. The van der Waals surface area contributed by atoms with E-state index in [-0.39, 0.29) is 30.8 Å². The molecule has 0 aliphatic heterocycles. The second-order valence-corrected chi connectivity index (χ2v) is 7.17. The number of methoxy groups -OCH3 is 1. The van der Waals surface area contributed by atoms with E-state index >= 15 is 0 Å². The van der Waals surface area contributed by atoms with Gasteiger partial charge in [0, 0.05) is 18.5 Å². The van der Waals surface area contributed by atoms with Gasteiger partial charge in [0.1, 0.15) is 11.4 Å². The highest BCUT2D eigenvalue weighted by Gasteiger charge is 2.14. The minimum atomic E-state index is -0.545. The molecule has 0 spiro atoms. The Kier molecular flexibility index (Phi) is 7.54. The molecule has 0 saturated heterocycles. The van der Waals surface area contributed by atoms with Crippen molar-refractivity contribution in [3.8, 4) is 5.75 Å². The Bertz CT molecular complexity index is 1120. The zero-order chi connectivity index (χ0) is 22.2. The van der Waals surface area contributed by atoms with Gasteiger partial charge in [-0.1, -0.05) is 25.5 Å².